The smallest absolute Gasteiger partial charge is 0.165 e. The Morgan fingerprint density at radius 2 is 2.33 bits per heavy atom. The first-order valence-electron chi connectivity index (χ1n) is 7.47. The van der Waals surface area contributed by atoms with Crippen molar-refractivity contribution in [2.75, 3.05) is 13.2 Å². The third-order valence-corrected chi connectivity index (χ3v) is 4.47. The van der Waals surface area contributed by atoms with Crippen molar-refractivity contribution >= 4 is 0 Å². The topological polar surface area (TPSA) is 69.8 Å². The fourth-order valence-electron chi connectivity index (χ4n) is 3.36. The van der Waals surface area contributed by atoms with E-state index in [0.717, 1.165) is 49.8 Å². The molecule has 2 aromatic rings. The lowest BCUT2D eigenvalue weighted by Crippen LogP contribution is -2.37. The molecule has 4 rings (SSSR count). The van der Waals surface area contributed by atoms with Gasteiger partial charge < -0.3 is 14.6 Å². The fraction of sp³-hybridized carbons (Fsp3) is 0.643. The third-order valence-electron chi connectivity index (χ3n) is 4.47. The van der Waals surface area contributed by atoms with Crippen LogP contribution in [0.4, 0.5) is 0 Å². The molecule has 0 bridgehead atoms. The quantitative estimate of drug-likeness (QED) is 0.882. The highest BCUT2D eigenvalue weighted by molar-refractivity contribution is 5.23. The molecule has 2 aliphatic rings. The van der Waals surface area contributed by atoms with Crippen molar-refractivity contribution in [3.8, 4) is 0 Å². The van der Waals surface area contributed by atoms with Crippen molar-refractivity contribution < 1.29 is 4.74 Å². The zero-order valence-corrected chi connectivity index (χ0v) is 12.4. The van der Waals surface area contributed by atoms with Gasteiger partial charge in [-0.15, -0.1) is 10.2 Å². The predicted molar refractivity (Wildman–Crippen MR) is 75.6 cm³/mol. The average molecular weight is 288 g/mol. The Kier molecular flexibility index (Phi) is 2.87. The maximum absolute atomic E-state index is 5.94. The van der Waals surface area contributed by atoms with E-state index in [1.807, 2.05) is 24.1 Å². The Labute approximate surface area is 123 Å². The van der Waals surface area contributed by atoms with Crippen molar-refractivity contribution in [3.05, 3.63) is 29.6 Å². The number of hydrogen-bond donors (Lipinski definition) is 1. The molecule has 7 nitrogen and oxygen atoms in total. The Morgan fingerprint density at radius 1 is 1.43 bits per heavy atom. The second-order valence-electron chi connectivity index (χ2n) is 6.05. The second-order valence-corrected chi connectivity index (χ2v) is 6.05. The molecular weight excluding hydrogens is 268 g/mol. The predicted octanol–water partition coefficient (Wildman–Crippen LogP) is 0.730. The van der Waals surface area contributed by atoms with E-state index in [1.54, 1.807) is 0 Å². The zero-order valence-electron chi connectivity index (χ0n) is 12.4. The first kappa shape index (κ1) is 13.0. The summed E-state index contributed by atoms with van der Waals surface area (Å²) in [4.78, 5) is 0. The van der Waals surface area contributed by atoms with Gasteiger partial charge in [-0.3, -0.25) is 4.68 Å². The van der Waals surface area contributed by atoms with Crippen molar-refractivity contribution in [2.45, 2.75) is 38.0 Å². The second kappa shape index (κ2) is 4.64. The molecule has 2 unspecified atom stereocenters. The highest BCUT2D eigenvalue weighted by Crippen LogP contribution is 2.36. The van der Waals surface area contributed by atoms with Gasteiger partial charge in [0.25, 0.3) is 0 Å². The van der Waals surface area contributed by atoms with Crippen LogP contribution in [0.5, 0.6) is 0 Å². The minimum absolute atomic E-state index is 0.0544. The molecule has 2 aliphatic heterocycles. The Balaban J connectivity index is 1.75. The molecule has 0 radical (unpaired) electrons. The van der Waals surface area contributed by atoms with E-state index in [1.165, 1.54) is 0 Å². The molecule has 2 atom stereocenters. The van der Waals surface area contributed by atoms with Crippen LogP contribution in [0.25, 0.3) is 0 Å². The highest BCUT2D eigenvalue weighted by atomic mass is 16.5. The minimum Gasteiger partial charge on any atom is -0.367 e. The van der Waals surface area contributed by atoms with E-state index in [4.69, 9.17) is 4.74 Å². The van der Waals surface area contributed by atoms with Crippen LogP contribution in [0.1, 0.15) is 43.0 Å². The van der Waals surface area contributed by atoms with Gasteiger partial charge >= 0.3 is 0 Å². The zero-order chi connectivity index (χ0) is 14.4. The van der Waals surface area contributed by atoms with E-state index in [0.29, 0.717) is 0 Å². The van der Waals surface area contributed by atoms with Crippen LogP contribution in [0.2, 0.25) is 0 Å². The molecule has 1 N–H and O–H groups in total. The largest absolute Gasteiger partial charge is 0.367 e. The molecule has 112 valence electrons. The standard InChI is InChI=1S/C14H20N6O/c1-14(4-3-7-21-14)13-18-17-12-11(15-5-6-20(12)13)10-8-16-19(2)9-10/h8-9,11,15H,3-7H2,1-2H3. The number of aromatic nitrogens is 5. The Bertz CT molecular complexity index is 654. The summed E-state index contributed by atoms with van der Waals surface area (Å²) < 4.78 is 9.97. The summed E-state index contributed by atoms with van der Waals surface area (Å²) >= 11 is 0. The number of rotatable bonds is 2. The lowest BCUT2D eigenvalue weighted by molar-refractivity contribution is 0.00573. The van der Waals surface area contributed by atoms with E-state index < -0.39 is 0 Å². The lowest BCUT2D eigenvalue weighted by atomic mass is 10.0. The summed E-state index contributed by atoms with van der Waals surface area (Å²) in [5, 5.41) is 16.7. The third kappa shape index (κ3) is 1.99. The first-order valence-corrected chi connectivity index (χ1v) is 7.47. The molecule has 21 heavy (non-hydrogen) atoms. The molecule has 4 heterocycles. The number of fused-ring (bicyclic) bond motifs is 1. The van der Waals surface area contributed by atoms with Crippen molar-refractivity contribution in [2.24, 2.45) is 7.05 Å². The van der Waals surface area contributed by atoms with Gasteiger partial charge in [-0.05, 0) is 19.8 Å². The molecule has 0 amide bonds. The van der Waals surface area contributed by atoms with Crippen LogP contribution >= 0.6 is 0 Å². The number of aryl methyl sites for hydroxylation is 1. The van der Waals surface area contributed by atoms with Gasteiger partial charge in [0, 0.05) is 38.5 Å². The molecule has 2 aromatic heterocycles. The number of nitrogens with zero attached hydrogens (tertiary/aromatic N) is 5. The van der Waals surface area contributed by atoms with E-state index in [-0.39, 0.29) is 11.6 Å². The monoisotopic (exact) mass is 288 g/mol. The molecular formula is C14H20N6O. The van der Waals surface area contributed by atoms with Gasteiger partial charge in [-0.1, -0.05) is 0 Å². The molecule has 0 aliphatic carbocycles. The lowest BCUT2D eigenvalue weighted by Gasteiger charge is -2.28. The van der Waals surface area contributed by atoms with Gasteiger partial charge in [-0.2, -0.15) is 5.10 Å². The number of hydrogen-bond acceptors (Lipinski definition) is 5. The van der Waals surface area contributed by atoms with Gasteiger partial charge in [0.2, 0.25) is 0 Å². The number of nitrogens with one attached hydrogen (secondary N) is 1. The van der Waals surface area contributed by atoms with Crippen LogP contribution in [-0.2, 0) is 23.9 Å². The van der Waals surface area contributed by atoms with Crippen LogP contribution in [-0.4, -0.2) is 37.7 Å². The molecule has 1 saturated heterocycles. The Hall–Kier alpha value is -1.73. The fourth-order valence-corrected chi connectivity index (χ4v) is 3.36. The molecule has 7 heteroatoms. The maximum atomic E-state index is 5.94. The van der Waals surface area contributed by atoms with E-state index >= 15 is 0 Å². The van der Waals surface area contributed by atoms with Crippen LogP contribution in [0.15, 0.2) is 12.4 Å². The summed E-state index contributed by atoms with van der Waals surface area (Å²) in [6.45, 7) is 4.71. The summed E-state index contributed by atoms with van der Waals surface area (Å²) in [7, 11) is 1.93. The Morgan fingerprint density at radius 3 is 3.05 bits per heavy atom. The number of ether oxygens (including phenoxy) is 1. The van der Waals surface area contributed by atoms with Crippen molar-refractivity contribution in [1.29, 1.82) is 0 Å². The highest BCUT2D eigenvalue weighted by Gasteiger charge is 2.39. The van der Waals surface area contributed by atoms with Crippen LogP contribution in [0, 0.1) is 0 Å². The van der Waals surface area contributed by atoms with Gasteiger partial charge in [-0.25, -0.2) is 0 Å². The van der Waals surface area contributed by atoms with Gasteiger partial charge in [0.15, 0.2) is 11.6 Å². The van der Waals surface area contributed by atoms with Crippen LogP contribution < -0.4 is 5.32 Å². The first-order chi connectivity index (χ1) is 10.2. The minimum atomic E-state index is -0.290. The van der Waals surface area contributed by atoms with Crippen molar-refractivity contribution in [1.82, 2.24) is 29.9 Å². The SMILES string of the molecule is Cn1cc(C2NCCn3c2nnc3C2(C)CCCO2)cn1. The van der Waals surface area contributed by atoms with Crippen LogP contribution in [0.3, 0.4) is 0 Å². The summed E-state index contributed by atoms with van der Waals surface area (Å²) in [6.07, 6.45) is 6.00. The average Bonchev–Trinajstić information content (AvgIpc) is 3.17. The summed E-state index contributed by atoms with van der Waals surface area (Å²) in [6, 6.07) is 0.0544. The molecule has 0 spiro atoms. The van der Waals surface area contributed by atoms with Crippen molar-refractivity contribution in [3.63, 3.8) is 0 Å². The maximum Gasteiger partial charge on any atom is 0.165 e. The summed E-state index contributed by atoms with van der Waals surface area (Å²) in [5.74, 6) is 1.92. The van der Waals surface area contributed by atoms with Gasteiger partial charge in [0.1, 0.15) is 5.60 Å². The molecule has 0 saturated carbocycles. The normalized spacial score (nSPS) is 28.8. The van der Waals surface area contributed by atoms with Gasteiger partial charge in [0.05, 0.1) is 12.2 Å². The molecule has 0 aromatic carbocycles. The summed E-state index contributed by atoms with van der Waals surface area (Å²) in [5.41, 5.74) is 0.831. The molecule has 1 fully saturated rings. The van der Waals surface area contributed by atoms with E-state index in [2.05, 4.69) is 32.1 Å². The van der Waals surface area contributed by atoms with E-state index in [9.17, 15) is 0 Å².